The van der Waals surface area contributed by atoms with E-state index in [-0.39, 0.29) is 18.2 Å². The molecule has 0 aliphatic carbocycles. The van der Waals surface area contributed by atoms with Gasteiger partial charge in [-0.05, 0) is 65.5 Å². The van der Waals surface area contributed by atoms with Crippen LogP contribution in [0.5, 0.6) is 5.75 Å². The van der Waals surface area contributed by atoms with E-state index in [2.05, 4.69) is 10.3 Å². The molecule has 0 aliphatic rings. The molecule has 0 saturated heterocycles. The highest BCUT2D eigenvalue weighted by Crippen LogP contribution is 2.28. The Morgan fingerprint density at radius 2 is 1.84 bits per heavy atom. The third-order valence-electron chi connectivity index (χ3n) is 4.67. The number of anilines is 1. The van der Waals surface area contributed by atoms with Crippen LogP contribution in [-0.2, 0) is 6.61 Å². The summed E-state index contributed by atoms with van der Waals surface area (Å²) in [5.74, 6) is -0.165. The van der Waals surface area contributed by atoms with Gasteiger partial charge in [-0.3, -0.25) is 14.6 Å². The summed E-state index contributed by atoms with van der Waals surface area (Å²) in [5.41, 5.74) is 7.42. The Labute approximate surface area is 183 Å². The van der Waals surface area contributed by atoms with E-state index in [4.69, 9.17) is 22.1 Å². The number of rotatable bonds is 6. The number of hydrogen-bond acceptors (Lipinski definition) is 4. The standard InChI is InChI=1S/C24H18ClN3O3/c25-18-5-1-4-17(12-18)24(30)28-21-6-2-3-16-13-19(7-8-20(16)21)31-14-15-9-10-27-22(11-15)23(26)29/h1-13H,14H2,(H2,26,29)(H,28,30). The van der Waals surface area contributed by atoms with Crippen LogP contribution in [0.4, 0.5) is 5.69 Å². The van der Waals surface area contributed by atoms with Crippen LogP contribution in [0.3, 0.4) is 0 Å². The highest BCUT2D eigenvalue weighted by molar-refractivity contribution is 6.31. The van der Waals surface area contributed by atoms with E-state index >= 15 is 0 Å². The fourth-order valence-electron chi connectivity index (χ4n) is 3.15. The van der Waals surface area contributed by atoms with E-state index in [1.807, 2.05) is 36.4 Å². The van der Waals surface area contributed by atoms with Gasteiger partial charge in [0.2, 0.25) is 0 Å². The fraction of sp³-hybridized carbons (Fsp3) is 0.0417. The van der Waals surface area contributed by atoms with Crippen molar-refractivity contribution < 1.29 is 14.3 Å². The number of aromatic nitrogens is 1. The van der Waals surface area contributed by atoms with Crippen LogP contribution in [0.15, 0.2) is 79.0 Å². The summed E-state index contributed by atoms with van der Waals surface area (Å²) in [6.45, 7) is 0.263. The topological polar surface area (TPSA) is 94.3 Å². The van der Waals surface area contributed by atoms with Gasteiger partial charge in [-0.25, -0.2) is 0 Å². The lowest BCUT2D eigenvalue weighted by Gasteiger charge is -2.11. The van der Waals surface area contributed by atoms with Crippen molar-refractivity contribution in [2.24, 2.45) is 5.73 Å². The highest BCUT2D eigenvalue weighted by atomic mass is 35.5. The summed E-state index contributed by atoms with van der Waals surface area (Å²) in [4.78, 5) is 27.8. The average molecular weight is 432 g/mol. The van der Waals surface area contributed by atoms with Gasteiger partial charge < -0.3 is 15.8 Å². The molecule has 3 aromatic carbocycles. The molecule has 7 heteroatoms. The first-order valence-corrected chi connectivity index (χ1v) is 9.84. The predicted octanol–water partition coefficient (Wildman–Crippen LogP) is 4.82. The lowest BCUT2D eigenvalue weighted by atomic mass is 10.1. The molecular formula is C24H18ClN3O3. The van der Waals surface area contributed by atoms with Crippen molar-refractivity contribution in [3.8, 4) is 5.75 Å². The highest BCUT2D eigenvalue weighted by Gasteiger charge is 2.10. The third-order valence-corrected chi connectivity index (χ3v) is 4.90. The number of nitrogens with two attached hydrogens (primary N) is 1. The van der Waals surface area contributed by atoms with Gasteiger partial charge in [0.15, 0.2) is 0 Å². The zero-order valence-corrected chi connectivity index (χ0v) is 17.1. The van der Waals surface area contributed by atoms with Crippen LogP contribution in [0.2, 0.25) is 5.02 Å². The number of amides is 2. The minimum atomic E-state index is -0.583. The summed E-state index contributed by atoms with van der Waals surface area (Å²) in [6.07, 6.45) is 1.52. The van der Waals surface area contributed by atoms with Crippen molar-refractivity contribution in [1.82, 2.24) is 4.98 Å². The first-order valence-electron chi connectivity index (χ1n) is 9.47. The molecule has 6 nitrogen and oxygen atoms in total. The van der Waals surface area contributed by atoms with Gasteiger partial charge in [0.1, 0.15) is 18.1 Å². The zero-order valence-electron chi connectivity index (χ0n) is 16.3. The zero-order chi connectivity index (χ0) is 21.8. The summed E-state index contributed by atoms with van der Waals surface area (Å²) >= 11 is 5.98. The SMILES string of the molecule is NC(=O)c1cc(COc2ccc3c(NC(=O)c4cccc(Cl)c4)cccc3c2)ccn1. The van der Waals surface area contributed by atoms with Crippen molar-refractivity contribution in [3.05, 3.63) is 101 Å². The number of halogens is 1. The maximum Gasteiger partial charge on any atom is 0.267 e. The second kappa shape index (κ2) is 8.85. The van der Waals surface area contributed by atoms with Crippen LogP contribution in [-0.4, -0.2) is 16.8 Å². The maximum atomic E-state index is 12.6. The number of fused-ring (bicyclic) bond motifs is 1. The number of nitrogens with one attached hydrogen (secondary N) is 1. The first kappa shape index (κ1) is 20.4. The Balaban J connectivity index is 1.52. The van der Waals surface area contributed by atoms with Gasteiger partial charge in [-0.2, -0.15) is 0 Å². The monoisotopic (exact) mass is 431 g/mol. The minimum absolute atomic E-state index is 0.194. The van der Waals surface area contributed by atoms with E-state index in [1.165, 1.54) is 6.20 Å². The van der Waals surface area contributed by atoms with Gasteiger partial charge in [-0.15, -0.1) is 0 Å². The fourth-order valence-corrected chi connectivity index (χ4v) is 3.34. The number of benzene rings is 3. The molecule has 2 amide bonds. The quantitative estimate of drug-likeness (QED) is 0.457. The second-order valence-corrected chi connectivity index (χ2v) is 7.29. The number of hydrogen-bond donors (Lipinski definition) is 2. The third kappa shape index (κ3) is 4.82. The Hall–Kier alpha value is -3.90. The largest absolute Gasteiger partial charge is 0.489 e. The smallest absolute Gasteiger partial charge is 0.267 e. The van der Waals surface area contributed by atoms with Crippen LogP contribution >= 0.6 is 11.6 Å². The molecule has 0 atom stereocenters. The summed E-state index contributed by atoms with van der Waals surface area (Å²) in [5, 5.41) is 5.23. The lowest BCUT2D eigenvalue weighted by molar-refractivity contribution is 0.0993. The molecule has 4 rings (SSSR count). The molecule has 0 spiro atoms. The predicted molar refractivity (Wildman–Crippen MR) is 120 cm³/mol. The summed E-state index contributed by atoms with van der Waals surface area (Å²) in [7, 11) is 0. The van der Waals surface area contributed by atoms with E-state index in [0.717, 1.165) is 16.3 Å². The van der Waals surface area contributed by atoms with Crippen LogP contribution in [0.1, 0.15) is 26.4 Å². The number of nitrogens with zero attached hydrogens (tertiary/aromatic N) is 1. The van der Waals surface area contributed by atoms with E-state index in [9.17, 15) is 9.59 Å². The second-order valence-electron chi connectivity index (χ2n) is 6.86. The van der Waals surface area contributed by atoms with Gasteiger partial charge in [0, 0.05) is 27.9 Å². The number of primary amides is 1. The van der Waals surface area contributed by atoms with Crippen LogP contribution < -0.4 is 15.8 Å². The van der Waals surface area contributed by atoms with E-state index in [1.54, 1.807) is 36.4 Å². The van der Waals surface area contributed by atoms with Crippen LogP contribution in [0, 0.1) is 0 Å². The Morgan fingerprint density at radius 1 is 1.00 bits per heavy atom. The molecule has 0 bridgehead atoms. The van der Waals surface area contributed by atoms with E-state index < -0.39 is 5.91 Å². The molecule has 4 aromatic rings. The first-order chi connectivity index (χ1) is 15.0. The van der Waals surface area contributed by atoms with Crippen LogP contribution in [0.25, 0.3) is 10.8 Å². The lowest BCUT2D eigenvalue weighted by Crippen LogP contribution is -2.13. The molecular weight excluding hydrogens is 414 g/mol. The molecule has 31 heavy (non-hydrogen) atoms. The van der Waals surface area contributed by atoms with Crippen molar-refractivity contribution in [2.75, 3.05) is 5.32 Å². The Kier molecular flexibility index (Phi) is 5.82. The molecule has 3 N–H and O–H groups in total. The van der Waals surface area contributed by atoms with Crippen molar-refractivity contribution in [3.63, 3.8) is 0 Å². The van der Waals surface area contributed by atoms with Crippen molar-refractivity contribution in [2.45, 2.75) is 6.61 Å². The summed E-state index contributed by atoms with van der Waals surface area (Å²) < 4.78 is 5.86. The molecule has 0 saturated carbocycles. The Bertz CT molecular complexity index is 1290. The number of ether oxygens (including phenoxy) is 1. The maximum absolute atomic E-state index is 12.6. The molecule has 0 unspecified atom stereocenters. The number of carbonyl (C=O) groups is 2. The number of carbonyl (C=O) groups excluding carboxylic acids is 2. The van der Waals surface area contributed by atoms with Gasteiger partial charge >= 0.3 is 0 Å². The van der Waals surface area contributed by atoms with Gasteiger partial charge in [-0.1, -0.05) is 29.8 Å². The minimum Gasteiger partial charge on any atom is -0.489 e. The molecule has 1 heterocycles. The molecule has 154 valence electrons. The molecule has 1 aromatic heterocycles. The molecule has 0 fully saturated rings. The van der Waals surface area contributed by atoms with Gasteiger partial charge in [0.25, 0.3) is 11.8 Å². The number of pyridine rings is 1. The Morgan fingerprint density at radius 3 is 2.65 bits per heavy atom. The molecule has 0 aliphatic heterocycles. The van der Waals surface area contributed by atoms with E-state index in [0.29, 0.717) is 22.0 Å². The average Bonchev–Trinajstić information content (AvgIpc) is 2.78. The normalized spacial score (nSPS) is 10.6. The van der Waals surface area contributed by atoms with Gasteiger partial charge in [0.05, 0.1) is 0 Å². The molecule has 0 radical (unpaired) electrons. The van der Waals surface area contributed by atoms with Crippen molar-refractivity contribution >= 4 is 39.9 Å². The summed E-state index contributed by atoms with van der Waals surface area (Å²) in [6, 6.07) is 21.4. The van der Waals surface area contributed by atoms with Crippen molar-refractivity contribution in [1.29, 1.82) is 0 Å².